The highest BCUT2D eigenvalue weighted by Gasteiger charge is 1.98. The van der Waals surface area contributed by atoms with Crippen LogP contribution in [0.1, 0.15) is 18.1 Å². The summed E-state index contributed by atoms with van der Waals surface area (Å²) in [5, 5.41) is 7.06. The Labute approximate surface area is 83.7 Å². The normalized spacial score (nSPS) is 12.0. The molecule has 0 spiro atoms. The lowest BCUT2D eigenvalue weighted by Gasteiger charge is -1.99. The molecule has 72 valence electrons. The van der Waals surface area contributed by atoms with Crippen LogP contribution in [0.2, 0.25) is 0 Å². The van der Waals surface area contributed by atoms with E-state index < -0.39 is 0 Å². The topological polar surface area (TPSA) is 48.6 Å². The van der Waals surface area contributed by atoms with Crippen molar-refractivity contribution < 1.29 is 0 Å². The molecule has 0 aliphatic rings. The van der Waals surface area contributed by atoms with Crippen molar-refractivity contribution in [3.05, 3.63) is 35.4 Å². The molecule has 1 N–H and O–H groups in total. The van der Waals surface area contributed by atoms with Crippen LogP contribution in [0.3, 0.4) is 0 Å². The smallest absolute Gasteiger partial charge is 0.153 e. The van der Waals surface area contributed by atoms with Crippen LogP contribution < -0.4 is 0 Å². The minimum atomic E-state index is 0.712. The first-order valence-corrected chi connectivity index (χ1v) is 4.38. The summed E-state index contributed by atoms with van der Waals surface area (Å²) in [5.74, 6) is 0.712. The Morgan fingerprint density at radius 3 is 2.36 bits per heavy atom. The SMILES string of the molecule is CC=NC(=NC)c1ccc(C=N)cc1. The number of nitrogens with zero attached hydrogens (tertiary/aromatic N) is 2. The van der Waals surface area contributed by atoms with E-state index in [2.05, 4.69) is 9.98 Å². The third kappa shape index (κ3) is 2.36. The van der Waals surface area contributed by atoms with Gasteiger partial charge in [0.2, 0.25) is 0 Å². The Kier molecular flexibility index (Phi) is 3.73. The number of hydrogen-bond acceptors (Lipinski definition) is 2. The van der Waals surface area contributed by atoms with Crippen molar-refractivity contribution in [1.82, 2.24) is 0 Å². The average molecular weight is 187 g/mol. The molecule has 3 heteroatoms. The van der Waals surface area contributed by atoms with E-state index in [-0.39, 0.29) is 0 Å². The number of benzene rings is 1. The lowest BCUT2D eigenvalue weighted by Crippen LogP contribution is -1.97. The van der Waals surface area contributed by atoms with Gasteiger partial charge in [0.25, 0.3) is 0 Å². The fourth-order valence-electron chi connectivity index (χ4n) is 1.11. The van der Waals surface area contributed by atoms with Crippen LogP contribution >= 0.6 is 0 Å². The van der Waals surface area contributed by atoms with E-state index in [1.165, 1.54) is 6.21 Å². The zero-order valence-corrected chi connectivity index (χ0v) is 8.36. The molecule has 0 aliphatic heterocycles. The van der Waals surface area contributed by atoms with Gasteiger partial charge in [-0.15, -0.1) is 0 Å². The van der Waals surface area contributed by atoms with Gasteiger partial charge < -0.3 is 5.41 Å². The second-order valence-electron chi connectivity index (χ2n) is 2.70. The van der Waals surface area contributed by atoms with Crippen molar-refractivity contribution in [2.24, 2.45) is 9.98 Å². The van der Waals surface area contributed by atoms with Gasteiger partial charge in [-0.05, 0) is 12.5 Å². The minimum Gasteiger partial charge on any atom is -0.308 e. The molecular weight excluding hydrogens is 174 g/mol. The van der Waals surface area contributed by atoms with E-state index in [0.29, 0.717) is 5.84 Å². The van der Waals surface area contributed by atoms with Crippen molar-refractivity contribution in [2.45, 2.75) is 6.92 Å². The van der Waals surface area contributed by atoms with Crippen LogP contribution in [0, 0.1) is 5.41 Å². The maximum absolute atomic E-state index is 7.06. The summed E-state index contributed by atoms with van der Waals surface area (Å²) < 4.78 is 0. The van der Waals surface area contributed by atoms with E-state index in [1.54, 1.807) is 13.3 Å². The maximum atomic E-state index is 7.06. The fourth-order valence-corrected chi connectivity index (χ4v) is 1.11. The zero-order chi connectivity index (χ0) is 10.4. The van der Waals surface area contributed by atoms with E-state index in [1.807, 2.05) is 31.2 Å². The summed E-state index contributed by atoms with van der Waals surface area (Å²) in [4.78, 5) is 8.20. The Hall–Kier alpha value is -1.77. The molecule has 0 unspecified atom stereocenters. The van der Waals surface area contributed by atoms with Crippen LogP contribution in [0.25, 0.3) is 0 Å². The van der Waals surface area contributed by atoms with Crippen molar-refractivity contribution in [2.75, 3.05) is 7.05 Å². The van der Waals surface area contributed by atoms with E-state index in [9.17, 15) is 0 Å². The molecule has 0 radical (unpaired) electrons. The first-order chi connectivity index (χ1) is 6.81. The summed E-state index contributed by atoms with van der Waals surface area (Å²) >= 11 is 0. The second kappa shape index (κ2) is 5.07. The number of amidine groups is 1. The van der Waals surface area contributed by atoms with Crippen LogP contribution in [0.15, 0.2) is 34.3 Å². The third-order valence-corrected chi connectivity index (χ3v) is 1.80. The highest BCUT2D eigenvalue weighted by Crippen LogP contribution is 2.04. The van der Waals surface area contributed by atoms with E-state index >= 15 is 0 Å². The number of nitrogens with one attached hydrogen (secondary N) is 1. The largest absolute Gasteiger partial charge is 0.308 e. The molecule has 1 rings (SSSR count). The lowest BCUT2D eigenvalue weighted by atomic mass is 10.1. The van der Waals surface area contributed by atoms with Gasteiger partial charge in [0.05, 0.1) is 0 Å². The Morgan fingerprint density at radius 2 is 1.93 bits per heavy atom. The lowest BCUT2D eigenvalue weighted by molar-refractivity contribution is 1.39. The third-order valence-electron chi connectivity index (χ3n) is 1.80. The molecule has 0 bridgehead atoms. The molecule has 0 atom stereocenters. The van der Waals surface area contributed by atoms with E-state index in [4.69, 9.17) is 5.41 Å². The summed E-state index contributed by atoms with van der Waals surface area (Å²) in [6.07, 6.45) is 3.03. The standard InChI is InChI=1S/C11H13N3/c1-3-14-11(13-2)10-6-4-9(8-12)5-7-10/h3-8,12H,1-2H3. The minimum absolute atomic E-state index is 0.712. The van der Waals surface area contributed by atoms with Gasteiger partial charge in [0.1, 0.15) is 0 Å². The Balaban J connectivity index is 3.01. The molecule has 0 aromatic heterocycles. The van der Waals surface area contributed by atoms with Crippen LogP contribution in [0.5, 0.6) is 0 Å². The fraction of sp³-hybridized carbons (Fsp3) is 0.182. The molecule has 1 aromatic rings. The van der Waals surface area contributed by atoms with E-state index in [0.717, 1.165) is 11.1 Å². The van der Waals surface area contributed by atoms with Crippen molar-refractivity contribution in [1.29, 1.82) is 5.41 Å². The summed E-state index contributed by atoms with van der Waals surface area (Å²) in [5.41, 5.74) is 1.85. The van der Waals surface area contributed by atoms with Crippen molar-refractivity contribution in [3.8, 4) is 0 Å². The van der Waals surface area contributed by atoms with Crippen molar-refractivity contribution >= 4 is 18.3 Å². The predicted octanol–water partition coefficient (Wildman–Crippen LogP) is 2.15. The number of rotatable bonds is 2. The van der Waals surface area contributed by atoms with Gasteiger partial charge in [-0.2, -0.15) is 0 Å². The van der Waals surface area contributed by atoms with Crippen LogP contribution in [-0.2, 0) is 0 Å². The van der Waals surface area contributed by atoms with Gasteiger partial charge >= 0.3 is 0 Å². The van der Waals surface area contributed by atoms with Gasteiger partial charge in [-0.3, -0.25) is 4.99 Å². The summed E-state index contributed by atoms with van der Waals surface area (Å²) in [6.45, 7) is 1.86. The number of aliphatic imine (C=N–C) groups is 2. The molecule has 1 aromatic carbocycles. The molecule has 14 heavy (non-hydrogen) atoms. The average Bonchev–Trinajstić information content (AvgIpc) is 2.26. The van der Waals surface area contributed by atoms with Gasteiger partial charge in [-0.25, -0.2) is 4.99 Å². The molecule has 0 amide bonds. The van der Waals surface area contributed by atoms with Gasteiger partial charge in [0, 0.05) is 25.0 Å². The maximum Gasteiger partial charge on any atom is 0.153 e. The van der Waals surface area contributed by atoms with Gasteiger partial charge in [-0.1, -0.05) is 24.3 Å². The molecule has 0 fully saturated rings. The Bertz CT molecular complexity index is 361. The van der Waals surface area contributed by atoms with Crippen LogP contribution in [-0.4, -0.2) is 25.3 Å². The quantitative estimate of drug-likeness (QED) is 0.545. The predicted molar refractivity (Wildman–Crippen MR) is 61.0 cm³/mol. The molecular formula is C11H13N3. The second-order valence-corrected chi connectivity index (χ2v) is 2.70. The monoisotopic (exact) mass is 187 g/mol. The molecule has 3 nitrogen and oxygen atoms in total. The summed E-state index contributed by atoms with van der Waals surface area (Å²) in [7, 11) is 1.72. The number of hydrogen-bond donors (Lipinski definition) is 1. The molecule has 0 aliphatic carbocycles. The first-order valence-electron chi connectivity index (χ1n) is 4.38. The first kappa shape index (κ1) is 10.3. The highest BCUT2D eigenvalue weighted by atomic mass is 14.9. The highest BCUT2D eigenvalue weighted by molar-refractivity contribution is 6.03. The van der Waals surface area contributed by atoms with Crippen LogP contribution in [0.4, 0.5) is 0 Å². The zero-order valence-electron chi connectivity index (χ0n) is 8.36. The van der Waals surface area contributed by atoms with Crippen molar-refractivity contribution in [3.63, 3.8) is 0 Å². The Morgan fingerprint density at radius 1 is 1.29 bits per heavy atom. The molecule has 0 saturated carbocycles. The molecule has 0 heterocycles. The summed E-state index contributed by atoms with van der Waals surface area (Å²) in [6, 6.07) is 7.57. The molecule has 0 saturated heterocycles. The van der Waals surface area contributed by atoms with Gasteiger partial charge in [0.15, 0.2) is 5.84 Å².